The zero-order chi connectivity index (χ0) is 14.8. The summed E-state index contributed by atoms with van der Waals surface area (Å²) in [5.74, 6) is -1.16. The number of carboxylic acids is 1. The molecule has 4 N–H and O–H groups in total. The smallest absolute Gasteiger partial charge is 0.335 e. The van der Waals surface area contributed by atoms with Gasteiger partial charge in [0.05, 0.1) is 11.3 Å². The van der Waals surface area contributed by atoms with E-state index in [-0.39, 0.29) is 22.7 Å². The number of aromatic carboxylic acids is 1. The van der Waals surface area contributed by atoms with Crippen LogP contribution >= 0.6 is 11.3 Å². The van der Waals surface area contributed by atoms with Crippen molar-refractivity contribution >= 4 is 33.0 Å². The second-order valence-corrected chi connectivity index (χ2v) is 6.73. The summed E-state index contributed by atoms with van der Waals surface area (Å²) >= 11 is 1.43. The number of nitrogen functional groups attached to an aromatic ring is 1. The van der Waals surface area contributed by atoms with Crippen LogP contribution in [0, 0.1) is 0 Å². The summed E-state index contributed by atoms with van der Waals surface area (Å²) in [6.07, 6.45) is 0. The highest BCUT2D eigenvalue weighted by Crippen LogP contribution is 2.20. The molecule has 0 saturated heterocycles. The molecule has 1 heterocycles. The van der Waals surface area contributed by atoms with E-state index < -0.39 is 16.0 Å². The Labute approximate surface area is 119 Å². The predicted molar refractivity (Wildman–Crippen MR) is 76.2 cm³/mol. The van der Waals surface area contributed by atoms with Gasteiger partial charge in [0.2, 0.25) is 10.0 Å². The van der Waals surface area contributed by atoms with Gasteiger partial charge in [0.1, 0.15) is 4.90 Å². The van der Waals surface area contributed by atoms with E-state index in [1.807, 2.05) is 17.5 Å². The van der Waals surface area contributed by atoms with Gasteiger partial charge in [-0.2, -0.15) is 0 Å². The molecule has 1 aromatic heterocycles. The normalized spacial score (nSPS) is 11.4. The van der Waals surface area contributed by atoms with Crippen LogP contribution in [-0.4, -0.2) is 19.5 Å². The van der Waals surface area contributed by atoms with Crippen LogP contribution in [0.15, 0.2) is 40.6 Å². The monoisotopic (exact) mass is 312 g/mol. The maximum atomic E-state index is 12.1. The van der Waals surface area contributed by atoms with Crippen molar-refractivity contribution in [2.45, 2.75) is 11.4 Å². The summed E-state index contributed by atoms with van der Waals surface area (Å²) in [5, 5.41) is 10.7. The highest BCUT2D eigenvalue weighted by atomic mass is 32.2. The Balaban J connectivity index is 2.23. The average Bonchev–Trinajstić information content (AvgIpc) is 2.89. The van der Waals surface area contributed by atoms with Gasteiger partial charge in [0, 0.05) is 11.4 Å². The summed E-state index contributed by atoms with van der Waals surface area (Å²) in [7, 11) is -3.77. The second-order valence-electron chi connectivity index (χ2n) is 3.96. The zero-order valence-electron chi connectivity index (χ0n) is 10.2. The Bertz CT molecular complexity index is 724. The van der Waals surface area contributed by atoms with Crippen LogP contribution in [0.3, 0.4) is 0 Å². The Morgan fingerprint density at radius 2 is 2.10 bits per heavy atom. The molecular formula is C12H12N2O4S2. The van der Waals surface area contributed by atoms with Gasteiger partial charge in [0.15, 0.2) is 0 Å². The Kier molecular flexibility index (Phi) is 4.07. The number of hydrogen-bond acceptors (Lipinski definition) is 5. The zero-order valence-corrected chi connectivity index (χ0v) is 11.9. The van der Waals surface area contributed by atoms with Gasteiger partial charge in [-0.1, -0.05) is 6.07 Å². The molecule has 1 aromatic carbocycles. The topological polar surface area (TPSA) is 109 Å². The number of hydrogen-bond donors (Lipinski definition) is 3. The van der Waals surface area contributed by atoms with E-state index >= 15 is 0 Å². The molecule has 0 amide bonds. The number of nitrogens with one attached hydrogen (secondary N) is 1. The molecule has 0 atom stereocenters. The van der Waals surface area contributed by atoms with E-state index in [2.05, 4.69) is 4.72 Å². The van der Waals surface area contributed by atoms with Gasteiger partial charge >= 0.3 is 5.97 Å². The average molecular weight is 312 g/mol. The fourth-order valence-electron chi connectivity index (χ4n) is 1.58. The maximum Gasteiger partial charge on any atom is 0.335 e. The highest BCUT2D eigenvalue weighted by Gasteiger charge is 2.18. The standard InChI is InChI=1S/C12H12N2O4S2/c13-10-6-8(12(15)16)3-4-11(10)20(17,18)14-7-9-2-1-5-19-9/h1-6,14H,7,13H2,(H,15,16). The molecule has 0 saturated carbocycles. The van der Waals surface area contributed by atoms with Gasteiger partial charge in [-0.3, -0.25) is 0 Å². The van der Waals surface area contributed by atoms with E-state index in [0.717, 1.165) is 10.9 Å². The van der Waals surface area contributed by atoms with Crippen LogP contribution in [0.2, 0.25) is 0 Å². The van der Waals surface area contributed by atoms with Crippen molar-refractivity contribution in [3.8, 4) is 0 Å². The largest absolute Gasteiger partial charge is 0.478 e. The Morgan fingerprint density at radius 3 is 2.65 bits per heavy atom. The van der Waals surface area contributed by atoms with Crippen molar-refractivity contribution in [1.29, 1.82) is 0 Å². The molecule has 0 fully saturated rings. The molecule has 2 aromatic rings. The maximum absolute atomic E-state index is 12.1. The minimum Gasteiger partial charge on any atom is -0.478 e. The quantitative estimate of drug-likeness (QED) is 0.725. The molecule has 0 aliphatic carbocycles. The van der Waals surface area contributed by atoms with Crippen molar-refractivity contribution in [3.63, 3.8) is 0 Å². The lowest BCUT2D eigenvalue weighted by Gasteiger charge is -2.09. The Morgan fingerprint density at radius 1 is 1.35 bits per heavy atom. The first-order valence-electron chi connectivity index (χ1n) is 5.55. The number of anilines is 1. The van der Waals surface area contributed by atoms with Crippen LogP contribution < -0.4 is 10.5 Å². The summed E-state index contributed by atoms with van der Waals surface area (Å²) in [6, 6.07) is 7.16. The summed E-state index contributed by atoms with van der Waals surface area (Å²) in [5.41, 5.74) is 5.46. The number of thiophene rings is 1. The number of sulfonamides is 1. The van der Waals surface area contributed by atoms with Crippen molar-refractivity contribution in [3.05, 3.63) is 46.2 Å². The predicted octanol–water partition coefficient (Wildman–Crippen LogP) is 1.51. The minimum absolute atomic E-state index is 0.0558. The van der Waals surface area contributed by atoms with E-state index in [4.69, 9.17) is 10.8 Å². The van der Waals surface area contributed by atoms with Crippen molar-refractivity contribution in [2.24, 2.45) is 0 Å². The van der Waals surface area contributed by atoms with Gasteiger partial charge in [0.25, 0.3) is 0 Å². The van der Waals surface area contributed by atoms with Crippen LogP contribution in [0.1, 0.15) is 15.2 Å². The van der Waals surface area contributed by atoms with E-state index in [9.17, 15) is 13.2 Å². The molecule has 0 aliphatic heterocycles. The first-order chi connectivity index (χ1) is 9.40. The summed E-state index contributed by atoms with van der Waals surface area (Å²) < 4.78 is 26.6. The third-order valence-corrected chi connectivity index (χ3v) is 4.91. The highest BCUT2D eigenvalue weighted by molar-refractivity contribution is 7.89. The van der Waals surface area contributed by atoms with Gasteiger partial charge in [-0.05, 0) is 29.6 Å². The van der Waals surface area contributed by atoms with Gasteiger partial charge in [-0.15, -0.1) is 11.3 Å². The number of rotatable bonds is 5. The van der Waals surface area contributed by atoms with Gasteiger partial charge < -0.3 is 10.8 Å². The fourth-order valence-corrected chi connectivity index (χ4v) is 3.44. The number of carbonyl (C=O) groups is 1. The van der Waals surface area contributed by atoms with Crippen LogP contribution in [0.5, 0.6) is 0 Å². The lowest BCUT2D eigenvalue weighted by atomic mass is 10.2. The molecule has 0 unspecified atom stereocenters. The molecule has 6 nitrogen and oxygen atoms in total. The molecule has 0 aliphatic rings. The third-order valence-electron chi connectivity index (χ3n) is 2.56. The van der Waals surface area contributed by atoms with E-state index in [0.29, 0.717) is 0 Å². The minimum atomic E-state index is -3.77. The van der Waals surface area contributed by atoms with Crippen molar-refractivity contribution < 1.29 is 18.3 Å². The van der Waals surface area contributed by atoms with Gasteiger partial charge in [-0.25, -0.2) is 17.9 Å². The van der Waals surface area contributed by atoms with E-state index in [1.165, 1.54) is 23.5 Å². The molecule has 106 valence electrons. The molecule has 20 heavy (non-hydrogen) atoms. The first-order valence-corrected chi connectivity index (χ1v) is 7.91. The SMILES string of the molecule is Nc1cc(C(=O)O)ccc1S(=O)(=O)NCc1cccs1. The second kappa shape index (κ2) is 5.61. The lowest BCUT2D eigenvalue weighted by molar-refractivity contribution is 0.0697. The lowest BCUT2D eigenvalue weighted by Crippen LogP contribution is -2.24. The molecular weight excluding hydrogens is 300 g/mol. The molecule has 2 rings (SSSR count). The van der Waals surface area contributed by atoms with Crippen LogP contribution in [0.4, 0.5) is 5.69 Å². The summed E-state index contributed by atoms with van der Waals surface area (Å²) in [4.78, 5) is 11.5. The molecule has 0 radical (unpaired) electrons. The van der Waals surface area contributed by atoms with Crippen LogP contribution in [-0.2, 0) is 16.6 Å². The van der Waals surface area contributed by atoms with E-state index in [1.54, 1.807) is 0 Å². The number of nitrogens with two attached hydrogens (primary N) is 1. The Hall–Kier alpha value is -1.90. The number of carboxylic acid groups (broad SMARTS) is 1. The molecule has 8 heteroatoms. The number of benzene rings is 1. The third kappa shape index (κ3) is 3.16. The molecule has 0 spiro atoms. The molecule has 0 bridgehead atoms. The summed E-state index contributed by atoms with van der Waals surface area (Å²) in [6.45, 7) is 0.167. The first kappa shape index (κ1) is 14.5. The van der Waals surface area contributed by atoms with Crippen molar-refractivity contribution in [1.82, 2.24) is 4.72 Å². The van der Waals surface area contributed by atoms with Crippen LogP contribution in [0.25, 0.3) is 0 Å². The fraction of sp³-hybridized carbons (Fsp3) is 0.0833. The van der Waals surface area contributed by atoms with Crippen molar-refractivity contribution in [2.75, 3.05) is 5.73 Å².